The van der Waals surface area contributed by atoms with E-state index in [1.54, 1.807) is 29.6 Å². The highest BCUT2D eigenvalue weighted by molar-refractivity contribution is 7.14. The number of amides is 1. The first kappa shape index (κ1) is 18.1. The summed E-state index contributed by atoms with van der Waals surface area (Å²) >= 11 is 3.38. The minimum atomic E-state index is 0.100. The maximum absolute atomic E-state index is 12.0. The van der Waals surface area contributed by atoms with Crippen LogP contribution in [0.15, 0.2) is 22.9 Å². The van der Waals surface area contributed by atoms with Gasteiger partial charge in [0.15, 0.2) is 5.13 Å². The van der Waals surface area contributed by atoms with E-state index in [-0.39, 0.29) is 5.91 Å². The van der Waals surface area contributed by atoms with Crippen molar-refractivity contribution < 1.29 is 9.53 Å². The summed E-state index contributed by atoms with van der Waals surface area (Å²) in [6, 6.07) is 4.65. The Kier molecular flexibility index (Phi) is 5.69. The normalized spacial score (nSPS) is 20.0. The second kappa shape index (κ2) is 8.17. The number of carbonyl (C=O) groups excluding carboxylic acids is 1. The zero-order chi connectivity index (χ0) is 17.9. The van der Waals surface area contributed by atoms with Crippen molar-refractivity contribution in [2.45, 2.75) is 57.8 Å². The lowest BCUT2D eigenvalue weighted by Gasteiger charge is -2.24. The van der Waals surface area contributed by atoms with E-state index < -0.39 is 0 Å². The van der Waals surface area contributed by atoms with Crippen molar-refractivity contribution in [2.75, 3.05) is 18.1 Å². The van der Waals surface area contributed by atoms with Gasteiger partial charge in [-0.05, 0) is 37.1 Å². The molecule has 1 unspecified atom stereocenters. The summed E-state index contributed by atoms with van der Waals surface area (Å²) in [5.74, 6) is 0.100. The van der Waals surface area contributed by atoms with E-state index in [0.717, 1.165) is 62.7 Å². The number of hydrogen-bond acceptors (Lipinski definition) is 6. The van der Waals surface area contributed by atoms with Crippen LogP contribution < -0.4 is 4.90 Å². The van der Waals surface area contributed by atoms with Crippen molar-refractivity contribution in [2.24, 2.45) is 0 Å². The zero-order valence-corrected chi connectivity index (χ0v) is 16.7. The van der Waals surface area contributed by atoms with Crippen LogP contribution in [0.3, 0.4) is 0 Å². The predicted octanol–water partition coefficient (Wildman–Crippen LogP) is 3.90. The van der Waals surface area contributed by atoms with Crippen LogP contribution in [-0.4, -0.2) is 41.1 Å². The largest absolute Gasteiger partial charge is 0.377 e. The average Bonchev–Trinajstić information content (AvgIpc) is 3.02. The Morgan fingerprint density at radius 2 is 2.19 bits per heavy atom. The highest BCUT2D eigenvalue weighted by atomic mass is 32.1. The summed E-state index contributed by atoms with van der Waals surface area (Å²) in [6.07, 6.45) is 4.82. The molecule has 1 aliphatic carbocycles. The van der Waals surface area contributed by atoms with Gasteiger partial charge in [0.25, 0.3) is 0 Å². The summed E-state index contributed by atoms with van der Waals surface area (Å²) < 4.78 is 5.85. The fourth-order valence-electron chi connectivity index (χ4n) is 3.47. The molecule has 0 aromatic carbocycles. The number of aromatic nitrogens is 1. The lowest BCUT2D eigenvalue weighted by Crippen LogP contribution is -2.32. The van der Waals surface area contributed by atoms with Crippen molar-refractivity contribution >= 4 is 33.7 Å². The van der Waals surface area contributed by atoms with Crippen LogP contribution in [0.4, 0.5) is 5.13 Å². The van der Waals surface area contributed by atoms with Gasteiger partial charge in [0.2, 0.25) is 5.91 Å². The van der Waals surface area contributed by atoms with Crippen LogP contribution in [0.1, 0.15) is 43.2 Å². The molecule has 2 aliphatic rings. The van der Waals surface area contributed by atoms with Gasteiger partial charge in [0.1, 0.15) is 0 Å². The van der Waals surface area contributed by atoms with E-state index >= 15 is 0 Å². The van der Waals surface area contributed by atoms with E-state index in [1.165, 1.54) is 4.88 Å². The van der Waals surface area contributed by atoms with E-state index in [1.807, 2.05) is 4.90 Å². The number of ether oxygens (including phenoxy) is 1. The van der Waals surface area contributed by atoms with Gasteiger partial charge in [-0.15, -0.1) is 22.7 Å². The molecule has 0 radical (unpaired) electrons. The molecule has 1 amide bonds. The highest BCUT2D eigenvalue weighted by Gasteiger charge is 2.33. The third-order valence-electron chi connectivity index (χ3n) is 4.83. The number of rotatable bonds is 8. The van der Waals surface area contributed by atoms with Crippen molar-refractivity contribution in [3.05, 3.63) is 33.5 Å². The van der Waals surface area contributed by atoms with Crippen LogP contribution in [-0.2, 0) is 22.6 Å². The summed E-state index contributed by atoms with van der Waals surface area (Å²) in [7, 11) is 0. The average molecular weight is 392 g/mol. The first-order valence-electron chi connectivity index (χ1n) is 9.29. The first-order valence-corrected chi connectivity index (χ1v) is 11.1. The molecule has 3 heterocycles. The Labute approximate surface area is 162 Å². The lowest BCUT2D eigenvalue weighted by molar-refractivity contribution is -0.116. The number of thiophene rings is 1. The Bertz CT molecular complexity index is 721. The molecule has 1 aliphatic heterocycles. The Morgan fingerprint density at radius 3 is 2.85 bits per heavy atom. The first-order chi connectivity index (χ1) is 12.7. The van der Waals surface area contributed by atoms with E-state index in [9.17, 15) is 4.79 Å². The molecule has 2 aromatic heterocycles. The minimum Gasteiger partial charge on any atom is -0.377 e. The summed E-state index contributed by atoms with van der Waals surface area (Å²) in [5.41, 5.74) is 1.05. The molecule has 0 bridgehead atoms. The summed E-state index contributed by atoms with van der Waals surface area (Å²) in [4.78, 5) is 22.4. The maximum Gasteiger partial charge on any atom is 0.225 e. The zero-order valence-electron chi connectivity index (χ0n) is 15.1. The molecule has 1 saturated heterocycles. The third kappa shape index (κ3) is 4.52. The molecule has 2 fully saturated rings. The highest BCUT2D eigenvalue weighted by Crippen LogP contribution is 2.34. The number of hydrogen-bond donors (Lipinski definition) is 0. The van der Waals surface area contributed by atoms with Crippen LogP contribution in [0.25, 0.3) is 0 Å². The topological polar surface area (TPSA) is 45.7 Å². The second-order valence-corrected chi connectivity index (χ2v) is 8.99. The fourth-order valence-corrected chi connectivity index (χ4v) is 5.15. The van der Waals surface area contributed by atoms with Gasteiger partial charge in [0, 0.05) is 49.5 Å². The Morgan fingerprint density at radius 1 is 1.31 bits per heavy atom. The molecule has 0 spiro atoms. The van der Waals surface area contributed by atoms with Gasteiger partial charge in [-0.3, -0.25) is 14.6 Å². The van der Waals surface area contributed by atoms with Crippen molar-refractivity contribution in [3.63, 3.8) is 0 Å². The SMILES string of the molecule is CC(=O)N(c1nc(CN(Cc2cccs2)CC2CCCO2)cs1)C1CC1. The molecule has 1 atom stereocenters. The molecular weight excluding hydrogens is 366 g/mol. The smallest absolute Gasteiger partial charge is 0.225 e. The van der Waals surface area contributed by atoms with E-state index in [4.69, 9.17) is 9.72 Å². The van der Waals surface area contributed by atoms with Crippen molar-refractivity contribution in [3.8, 4) is 0 Å². The lowest BCUT2D eigenvalue weighted by atomic mass is 10.2. The molecule has 140 valence electrons. The van der Waals surface area contributed by atoms with Gasteiger partial charge in [-0.2, -0.15) is 0 Å². The Balaban J connectivity index is 1.45. The monoisotopic (exact) mass is 391 g/mol. The standard InChI is InChI=1S/C19H25N3O2S2/c1-14(23)22(16-6-7-16)19-20-15(13-26-19)10-21(11-17-4-2-8-24-17)12-18-5-3-9-25-18/h3,5,9,13,16-17H,2,4,6-8,10-12H2,1H3. The number of thiazole rings is 1. The van der Waals surface area contributed by atoms with E-state index in [2.05, 4.69) is 27.8 Å². The second-order valence-electron chi connectivity index (χ2n) is 7.13. The fraction of sp³-hybridized carbons (Fsp3) is 0.579. The third-order valence-corrected chi connectivity index (χ3v) is 6.58. The predicted molar refractivity (Wildman–Crippen MR) is 106 cm³/mol. The van der Waals surface area contributed by atoms with Gasteiger partial charge in [0.05, 0.1) is 11.8 Å². The van der Waals surface area contributed by atoms with Crippen LogP contribution >= 0.6 is 22.7 Å². The molecular formula is C19H25N3O2S2. The molecule has 0 N–H and O–H groups in total. The molecule has 2 aromatic rings. The number of anilines is 1. The van der Waals surface area contributed by atoms with Gasteiger partial charge < -0.3 is 4.74 Å². The van der Waals surface area contributed by atoms with Crippen molar-refractivity contribution in [1.29, 1.82) is 0 Å². The quantitative estimate of drug-likeness (QED) is 0.685. The van der Waals surface area contributed by atoms with Crippen molar-refractivity contribution in [1.82, 2.24) is 9.88 Å². The maximum atomic E-state index is 12.0. The van der Waals surface area contributed by atoms with E-state index in [0.29, 0.717) is 12.1 Å². The summed E-state index contributed by atoms with van der Waals surface area (Å²) in [5, 5.41) is 5.08. The number of carbonyl (C=O) groups is 1. The molecule has 5 nitrogen and oxygen atoms in total. The number of nitrogens with zero attached hydrogens (tertiary/aromatic N) is 3. The molecule has 7 heteroatoms. The molecule has 4 rings (SSSR count). The summed E-state index contributed by atoms with van der Waals surface area (Å²) in [6.45, 7) is 5.17. The molecule has 1 saturated carbocycles. The van der Waals surface area contributed by atoms with Crippen LogP contribution in [0.2, 0.25) is 0 Å². The Hall–Kier alpha value is -1.28. The van der Waals surface area contributed by atoms with Crippen LogP contribution in [0.5, 0.6) is 0 Å². The molecule has 26 heavy (non-hydrogen) atoms. The minimum absolute atomic E-state index is 0.100. The van der Waals surface area contributed by atoms with Gasteiger partial charge >= 0.3 is 0 Å². The van der Waals surface area contributed by atoms with Gasteiger partial charge in [-0.25, -0.2) is 4.98 Å². The van der Waals surface area contributed by atoms with Crippen LogP contribution in [0, 0.1) is 0 Å². The van der Waals surface area contributed by atoms with Gasteiger partial charge in [-0.1, -0.05) is 6.07 Å².